The minimum absolute atomic E-state index is 0.657. The zero-order valence-electron chi connectivity index (χ0n) is 15.5. The molecule has 0 amide bonds. The third-order valence-electron chi connectivity index (χ3n) is 5.83. The molecule has 0 aromatic carbocycles. The Morgan fingerprint density at radius 3 is 2.81 bits per heavy atom. The fraction of sp³-hybridized carbons (Fsp3) is 0.632. The van der Waals surface area contributed by atoms with E-state index in [0.717, 1.165) is 43.8 Å². The van der Waals surface area contributed by atoms with Gasteiger partial charge >= 0.3 is 7.12 Å². The first-order valence-corrected chi connectivity index (χ1v) is 9.82. The van der Waals surface area contributed by atoms with Crippen LogP contribution in [-0.4, -0.2) is 59.4 Å². The first-order chi connectivity index (χ1) is 12.7. The molecule has 0 atom stereocenters. The second-order valence-corrected chi connectivity index (χ2v) is 7.59. The molecule has 4 rings (SSSR count). The second kappa shape index (κ2) is 7.98. The molecule has 1 saturated heterocycles. The summed E-state index contributed by atoms with van der Waals surface area (Å²) in [5, 5.41) is 10.8. The highest BCUT2D eigenvalue weighted by Gasteiger charge is 2.28. The summed E-state index contributed by atoms with van der Waals surface area (Å²) in [7, 11) is -0.830. The molecule has 26 heavy (non-hydrogen) atoms. The topological polar surface area (TPSA) is 70.6 Å². The van der Waals surface area contributed by atoms with Crippen LogP contribution in [0.5, 0.6) is 5.75 Å². The van der Waals surface area contributed by atoms with E-state index in [9.17, 15) is 5.02 Å². The second-order valence-electron chi connectivity index (χ2n) is 7.59. The van der Waals surface area contributed by atoms with E-state index in [1.165, 1.54) is 31.2 Å². The van der Waals surface area contributed by atoms with Crippen LogP contribution in [0.3, 0.4) is 0 Å². The van der Waals surface area contributed by atoms with Crippen LogP contribution in [0.1, 0.15) is 31.2 Å². The molecular formula is C19H28BN3O3. The molecule has 0 radical (unpaired) electrons. The number of ether oxygens (including phenoxy) is 1. The number of hydrogen-bond donors (Lipinski definition) is 2. The standard InChI is InChI=1S/C19H28BN3O3/c1-20(24)26-18-13-22-19-16(6-7-21-19)17(18)12-14-2-4-15(5-3-14)23-8-10-25-11-9-23/h6-7,13-15,24H,2-5,8-12H2,1H3,(H,21,22). The SMILES string of the molecule is CB(O)Oc1cnc2[nH]ccc2c1CC1CCC(N2CCOCC2)CC1. The van der Waals surface area contributed by atoms with Gasteiger partial charge in [0, 0.05) is 36.3 Å². The molecule has 0 bridgehead atoms. The normalized spacial score (nSPS) is 24.7. The van der Waals surface area contributed by atoms with Gasteiger partial charge in [-0.25, -0.2) is 4.98 Å². The van der Waals surface area contributed by atoms with Crippen molar-refractivity contribution in [2.24, 2.45) is 5.92 Å². The van der Waals surface area contributed by atoms with Crippen molar-refractivity contribution in [3.8, 4) is 5.75 Å². The van der Waals surface area contributed by atoms with Gasteiger partial charge in [-0.15, -0.1) is 0 Å². The summed E-state index contributed by atoms with van der Waals surface area (Å²) >= 11 is 0. The van der Waals surface area contributed by atoms with Crippen LogP contribution in [0.15, 0.2) is 18.5 Å². The monoisotopic (exact) mass is 357 g/mol. The van der Waals surface area contributed by atoms with Crippen LogP contribution in [0.2, 0.25) is 6.82 Å². The van der Waals surface area contributed by atoms with E-state index in [0.29, 0.717) is 17.7 Å². The Morgan fingerprint density at radius 1 is 1.31 bits per heavy atom. The van der Waals surface area contributed by atoms with E-state index in [1.54, 1.807) is 13.0 Å². The van der Waals surface area contributed by atoms with E-state index in [1.807, 2.05) is 6.20 Å². The highest BCUT2D eigenvalue weighted by Crippen LogP contribution is 2.35. The molecule has 2 aromatic rings. The van der Waals surface area contributed by atoms with Gasteiger partial charge in [0.15, 0.2) is 0 Å². The van der Waals surface area contributed by atoms with E-state index >= 15 is 0 Å². The molecule has 2 N–H and O–H groups in total. The highest BCUT2D eigenvalue weighted by molar-refractivity contribution is 6.41. The van der Waals surface area contributed by atoms with Gasteiger partial charge in [-0.1, -0.05) is 0 Å². The predicted molar refractivity (Wildman–Crippen MR) is 102 cm³/mol. The third-order valence-corrected chi connectivity index (χ3v) is 5.83. The largest absolute Gasteiger partial charge is 0.535 e. The van der Waals surface area contributed by atoms with Gasteiger partial charge in [0.05, 0.1) is 19.4 Å². The smallest absolute Gasteiger partial charge is 0.519 e. The number of aromatic amines is 1. The first kappa shape index (κ1) is 17.8. The van der Waals surface area contributed by atoms with Gasteiger partial charge in [0.25, 0.3) is 0 Å². The summed E-state index contributed by atoms with van der Waals surface area (Å²) in [5.41, 5.74) is 2.06. The maximum atomic E-state index is 9.66. The Hall–Kier alpha value is -1.57. The Kier molecular flexibility index (Phi) is 5.48. The minimum Gasteiger partial charge on any atom is -0.535 e. The van der Waals surface area contributed by atoms with Crippen LogP contribution >= 0.6 is 0 Å². The zero-order chi connectivity index (χ0) is 17.9. The Balaban J connectivity index is 1.45. The number of fused-ring (bicyclic) bond motifs is 1. The van der Waals surface area contributed by atoms with Crippen molar-refractivity contribution in [1.29, 1.82) is 0 Å². The van der Waals surface area contributed by atoms with Crippen LogP contribution in [0.25, 0.3) is 11.0 Å². The summed E-state index contributed by atoms with van der Waals surface area (Å²) in [6.45, 7) is 5.55. The molecule has 0 spiro atoms. The molecule has 2 aliphatic rings. The van der Waals surface area contributed by atoms with Crippen molar-refractivity contribution in [2.45, 2.75) is 45.0 Å². The number of H-pyrrole nitrogens is 1. The molecule has 1 aliphatic carbocycles. The van der Waals surface area contributed by atoms with E-state index in [2.05, 4.69) is 20.9 Å². The molecule has 140 valence electrons. The first-order valence-electron chi connectivity index (χ1n) is 9.82. The number of nitrogens with one attached hydrogen (secondary N) is 1. The van der Waals surface area contributed by atoms with Gasteiger partial charge < -0.3 is 19.4 Å². The van der Waals surface area contributed by atoms with Crippen molar-refractivity contribution in [3.63, 3.8) is 0 Å². The van der Waals surface area contributed by atoms with Gasteiger partial charge in [-0.2, -0.15) is 0 Å². The van der Waals surface area contributed by atoms with E-state index in [4.69, 9.17) is 9.39 Å². The number of hydrogen-bond acceptors (Lipinski definition) is 5. The van der Waals surface area contributed by atoms with Crippen molar-refractivity contribution in [3.05, 3.63) is 24.0 Å². The molecule has 1 aliphatic heterocycles. The molecule has 3 heterocycles. The number of morpholine rings is 1. The summed E-state index contributed by atoms with van der Waals surface area (Å²) in [5.74, 6) is 1.37. The van der Waals surface area contributed by atoms with E-state index in [-0.39, 0.29) is 0 Å². The van der Waals surface area contributed by atoms with Crippen molar-refractivity contribution in [2.75, 3.05) is 26.3 Å². The highest BCUT2D eigenvalue weighted by atomic mass is 16.5. The zero-order valence-corrected chi connectivity index (χ0v) is 15.5. The number of pyridine rings is 1. The van der Waals surface area contributed by atoms with Crippen molar-refractivity contribution < 1.29 is 14.4 Å². The minimum atomic E-state index is -0.830. The predicted octanol–water partition coefficient (Wildman–Crippen LogP) is 2.49. The average molecular weight is 357 g/mol. The maximum absolute atomic E-state index is 9.66. The molecule has 2 fully saturated rings. The Morgan fingerprint density at radius 2 is 2.08 bits per heavy atom. The van der Waals surface area contributed by atoms with Crippen LogP contribution in [-0.2, 0) is 11.2 Å². The van der Waals surface area contributed by atoms with Crippen LogP contribution < -0.4 is 4.65 Å². The van der Waals surface area contributed by atoms with Gasteiger partial charge in [0.1, 0.15) is 11.4 Å². The van der Waals surface area contributed by atoms with Gasteiger partial charge in [-0.05, 0) is 50.9 Å². The third kappa shape index (κ3) is 3.90. The molecule has 1 saturated carbocycles. The number of aromatic nitrogens is 2. The molecular weight excluding hydrogens is 329 g/mol. The summed E-state index contributed by atoms with van der Waals surface area (Å²) < 4.78 is 11.1. The molecule has 2 aromatic heterocycles. The summed E-state index contributed by atoms with van der Waals surface area (Å²) in [6.07, 6.45) is 9.64. The number of nitrogens with zero attached hydrogens (tertiary/aromatic N) is 2. The average Bonchev–Trinajstić information content (AvgIpc) is 3.14. The maximum Gasteiger partial charge on any atom is 0.519 e. The van der Waals surface area contributed by atoms with Crippen LogP contribution in [0, 0.1) is 5.92 Å². The number of rotatable bonds is 5. The quantitative estimate of drug-likeness (QED) is 0.805. The van der Waals surface area contributed by atoms with Crippen LogP contribution in [0.4, 0.5) is 0 Å². The molecule has 6 nitrogen and oxygen atoms in total. The van der Waals surface area contributed by atoms with Gasteiger partial charge in [-0.3, -0.25) is 4.90 Å². The van der Waals surface area contributed by atoms with E-state index < -0.39 is 7.12 Å². The van der Waals surface area contributed by atoms with Crippen molar-refractivity contribution in [1.82, 2.24) is 14.9 Å². The lowest BCUT2D eigenvalue weighted by Crippen LogP contribution is -2.45. The molecule has 7 heteroatoms. The summed E-state index contributed by atoms with van der Waals surface area (Å²) in [4.78, 5) is 10.2. The lowest BCUT2D eigenvalue weighted by molar-refractivity contribution is 0.00496. The Bertz CT molecular complexity index is 722. The Labute approximate surface area is 155 Å². The fourth-order valence-corrected chi connectivity index (χ4v) is 4.49. The lowest BCUT2D eigenvalue weighted by Gasteiger charge is -2.39. The molecule has 0 unspecified atom stereocenters. The van der Waals surface area contributed by atoms with Crippen molar-refractivity contribution >= 4 is 18.2 Å². The lowest BCUT2D eigenvalue weighted by atomic mass is 9.81. The summed E-state index contributed by atoms with van der Waals surface area (Å²) in [6, 6.07) is 2.78. The fourth-order valence-electron chi connectivity index (χ4n) is 4.49. The van der Waals surface area contributed by atoms with Gasteiger partial charge in [0.2, 0.25) is 0 Å².